The van der Waals surface area contributed by atoms with Crippen LogP contribution in [0.2, 0.25) is 0 Å². The number of nitrogens with zero attached hydrogens (tertiary/aromatic N) is 1. The number of anilines is 1. The van der Waals surface area contributed by atoms with Gasteiger partial charge in [0.15, 0.2) is 11.6 Å². The zero-order chi connectivity index (χ0) is 19.8. The number of amides is 3. The van der Waals surface area contributed by atoms with Crippen LogP contribution in [0.5, 0.6) is 5.75 Å². The molecule has 1 fully saturated rings. The van der Waals surface area contributed by atoms with E-state index in [9.17, 15) is 23.9 Å². The molecule has 0 bridgehead atoms. The molecule has 7 nitrogen and oxygen atoms in total. The highest BCUT2D eigenvalue weighted by atomic mass is 19.1. The van der Waals surface area contributed by atoms with Crippen LogP contribution in [0, 0.1) is 5.82 Å². The first-order valence-electron chi connectivity index (χ1n) is 8.92. The fraction of sp³-hybridized carbons (Fsp3) is 0.250. The lowest BCUT2D eigenvalue weighted by molar-refractivity contribution is -0.136. The zero-order valence-electron chi connectivity index (χ0n) is 14.9. The van der Waals surface area contributed by atoms with Gasteiger partial charge in [0.2, 0.25) is 11.8 Å². The number of carbonyl (C=O) groups excluding carboxylic acids is 3. The van der Waals surface area contributed by atoms with Crippen molar-refractivity contribution in [3.8, 4) is 5.75 Å². The summed E-state index contributed by atoms with van der Waals surface area (Å²) in [6.45, 7) is 0.357. The van der Waals surface area contributed by atoms with Crippen LogP contribution in [0.1, 0.15) is 34.3 Å². The highest BCUT2D eigenvalue weighted by Crippen LogP contribution is 2.32. The largest absolute Gasteiger partial charge is 0.505 e. The molecule has 2 aromatic carbocycles. The number of halogens is 1. The Bertz CT molecular complexity index is 991. The highest BCUT2D eigenvalue weighted by molar-refractivity contribution is 6.06. The Labute approximate surface area is 160 Å². The Balaban J connectivity index is 1.55. The quantitative estimate of drug-likeness (QED) is 0.701. The minimum absolute atomic E-state index is 0.128. The molecule has 0 spiro atoms. The number of nitrogens with one attached hydrogen (secondary N) is 2. The fourth-order valence-corrected chi connectivity index (χ4v) is 3.64. The van der Waals surface area contributed by atoms with E-state index in [0.717, 1.165) is 5.56 Å². The predicted octanol–water partition coefficient (Wildman–Crippen LogP) is 1.90. The number of carbonyl (C=O) groups is 3. The van der Waals surface area contributed by atoms with Crippen LogP contribution in [-0.4, -0.2) is 33.8 Å². The van der Waals surface area contributed by atoms with E-state index >= 15 is 0 Å². The van der Waals surface area contributed by atoms with Gasteiger partial charge in [0.1, 0.15) is 6.04 Å². The molecule has 2 aliphatic heterocycles. The van der Waals surface area contributed by atoms with Crippen LogP contribution in [0.3, 0.4) is 0 Å². The van der Waals surface area contributed by atoms with Crippen molar-refractivity contribution in [2.75, 3.05) is 5.32 Å². The zero-order valence-corrected chi connectivity index (χ0v) is 14.9. The molecule has 4 rings (SSSR count). The lowest BCUT2D eigenvalue weighted by atomic mass is 10.0. The van der Waals surface area contributed by atoms with Crippen molar-refractivity contribution in [2.24, 2.45) is 0 Å². The predicted molar refractivity (Wildman–Crippen MR) is 97.9 cm³/mol. The topological polar surface area (TPSA) is 98.7 Å². The first kappa shape index (κ1) is 18.0. The van der Waals surface area contributed by atoms with Crippen molar-refractivity contribution in [1.82, 2.24) is 10.2 Å². The third-order valence-corrected chi connectivity index (χ3v) is 5.11. The van der Waals surface area contributed by atoms with Crippen molar-refractivity contribution < 1.29 is 23.9 Å². The van der Waals surface area contributed by atoms with Gasteiger partial charge >= 0.3 is 0 Å². The summed E-state index contributed by atoms with van der Waals surface area (Å²) < 4.78 is 14.0. The summed E-state index contributed by atoms with van der Waals surface area (Å²) >= 11 is 0. The van der Waals surface area contributed by atoms with E-state index < -0.39 is 23.5 Å². The van der Waals surface area contributed by atoms with Crippen molar-refractivity contribution in [1.29, 1.82) is 0 Å². The summed E-state index contributed by atoms with van der Waals surface area (Å²) in [6.07, 6.45) is 0.486. The molecule has 3 amide bonds. The third kappa shape index (κ3) is 3.06. The summed E-state index contributed by atoms with van der Waals surface area (Å²) in [4.78, 5) is 37.8. The Hall–Kier alpha value is -3.42. The van der Waals surface area contributed by atoms with Crippen molar-refractivity contribution in [2.45, 2.75) is 32.0 Å². The molecule has 1 atom stereocenters. The molecule has 2 heterocycles. The number of aromatic hydroxyl groups is 1. The Morgan fingerprint density at radius 3 is 2.75 bits per heavy atom. The average molecular weight is 383 g/mol. The van der Waals surface area contributed by atoms with Gasteiger partial charge in [-0.1, -0.05) is 18.2 Å². The number of hydrogen-bond donors (Lipinski definition) is 3. The van der Waals surface area contributed by atoms with Crippen LogP contribution >= 0.6 is 0 Å². The van der Waals surface area contributed by atoms with Crippen LogP contribution in [0.15, 0.2) is 36.4 Å². The van der Waals surface area contributed by atoms with E-state index in [2.05, 4.69) is 10.6 Å². The summed E-state index contributed by atoms with van der Waals surface area (Å²) in [5.41, 5.74) is 2.15. The second-order valence-corrected chi connectivity index (χ2v) is 6.84. The van der Waals surface area contributed by atoms with E-state index in [1.165, 1.54) is 11.0 Å². The van der Waals surface area contributed by atoms with Gasteiger partial charge in [-0.2, -0.15) is 0 Å². The van der Waals surface area contributed by atoms with E-state index in [0.29, 0.717) is 23.2 Å². The summed E-state index contributed by atoms with van der Waals surface area (Å²) in [5, 5.41) is 14.9. The summed E-state index contributed by atoms with van der Waals surface area (Å²) in [6, 6.07) is 8.88. The smallest absolute Gasteiger partial charge is 0.255 e. The maximum Gasteiger partial charge on any atom is 0.255 e. The molecule has 0 saturated carbocycles. The molecule has 1 unspecified atom stereocenters. The number of hydrogen-bond acceptors (Lipinski definition) is 5. The van der Waals surface area contributed by atoms with Gasteiger partial charge in [0.25, 0.3) is 5.91 Å². The molecule has 3 N–H and O–H groups in total. The first-order valence-corrected chi connectivity index (χ1v) is 8.92. The summed E-state index contributed by atoms with van der Waals surface area (Å²) in [5.74, 6) is -2.17. The number of imide groups is 1. The number of benzene rings is 2. The number of phenolic OH excluding ortho intramolecular Hbond substituents is 1. The lowest BCUT2D eigenvalue weighted by Crippen LogP contribution is -2.52. The molecule has 2 aliphatic rings. The SMILES string of the molecule is O=C1CCC(N2Cc3c(NCc4cccc(O)c4F)cccc3C2=O)C(=O)N1. The monoisotopic (exact) mass is 383 g/mol. The van der Waals surface area contributed by atoms with Crippen LogP contribution < -0.4 is 10.6 Å². The number of piperidine rings is 1. The van der Waals surface area contributed by atoms with E-state index in [1.54, 1.807) is 30.3 Å². The van der Waals surface area contributed by atoms with Crippen molar-refractivity contribution >= 4 is 23.4 Å². The fourth-order valence-electron chi connectivity index (χ4n) is 3.64. The van der Waals surface area contributed by atoms with Gasteiger partial charge < -0.3 is 15.3 Å². The molecular weight excluding hydrogens is 365 g/mol. The van der Waals surface area contributed by atoms with Crippen molar-refractivity contribution in [3.05, 3.63) is 58.9 Å². The maximum absolute atomic E-state index is 14.0. The molecule has 28 heavy (non-hydrogen) atoms. The van der Waals surface area contributed by atoms with Gasteiger partial charge in [-0.05, 0) is 24.6 Å². The number of fused-ring (bicyclic) bond motifs is 1. The molecule has 0 aliphatic carbocycles. The molecule has 2 aromatic rings. The normalized spacial score (nSPS) is 18.8. The Kier molecular flexibility index (Phi) is 4.46. The van der Waals surface area contributed by atoms with Crippen LogP contribution in [-0.2, 0) is 22.7 Å². The van der Waals surface area contributed by atoms with Gasteiger partial charge in [0.05, 0.1) is 0 Å². The molecule has 0 aromatic heterocycles. The van der Waals surface area contributed by atoms with Gasteiger partial charge in [-0.15, -0.1) is 0 Å². The average Bonchev–Trinajstić information content (AvgIpc) is 3.00. The van der Waals surface area contributed by atoms with Gasteiger partial charge in [-0.25, -0.2) is 4.39 Å². The number of rotatable bonds is 4. The second kappa shape index (κ2) is 6.95. The van der Waals surface area contributed by atoms with E-state index in [4.69, 9.17) is 0 Å². The third-order valence-electron chi connectivity index (χ3n) is 5.11. The van der Waals surface area contributed by atoms with Crippen LogP contribution in [0.25, 0.3) is 0 Å². The molecule has 1 saturated heterocycles. The summed E-state index contributed by atoms with van der Waals surface area (Å²) in [7, 11) is 0. The van der Waals surface area contributed by atoms with Crippen LogP contribution in [0.4, 0.5) is 10.1 Å². The Morgan fingerprint density at radius 1 is 1.18 bits per heavy atom. The molecular formula is C20H18FN3O4. The standard InChI is InChI=1S/C20H18FN3O4/c21-18-11(3-1-6-16(18)25)9-22-14-5-2-4-12-13(14)10-24(20(12)28)15-7-8-17(26)23-19(15)27/h1-6,15,22,25H,7-10H2,(H,23,26,27). The molecule has 8 heteroatoms. The maximum atomic E-state index is 14.0. The van der Waals surface area contributed by atoms with Gasteiger partial charge in [-0.3, -0.25) is 19.7 Å². The molecule has 144 valence electrons. The minimum Gasteiger partial charge on any atom is -0.505 e. The van der Waals surface area contributed by atoms with Crippen molar-refractivity contribution in [3.63, 3.8) is 0 Å². The highest BCUT2D eigenvalue weighted by Gasteiger charge is 2.39. The van der Waals surface area contributed by atoms with Gasteiger partial charge in [0, 0.05) is 41.9 Å². The van der Waals surface area contributed by atoms with E-state index in [1.807, 2.05) is 0 Å². The minimum atomic E-state index is -0.691. The lowest BCUT2D eigenvalue weighted by Gasteiger charge is -2.29. The second-order valence-electron chi connectivity index (χ2n) is 6.84. The Morgan fingerprint density at radius 2 is 1.96 bits per heavy atom. The number of phenols is 1. The van der Waals surface area contributed by atoms with E-state index in [-0.39, 0.29) is 31.3 Å². The first-order chi connectivity index (χ1) is 13.5. The molecule has 0 radical (unpaired) electrons.